The zero-order valence-electron chi connectivity index (χ0n) is 22.6. The number of hydrogen-bond acceptors (Lipinski definition) is 3. The summed E-state index contributed by atoms with van der Waals surface area (Å²) in [6.45, 7) is 20.2. The molecule has 0 aliphatic heterocycles. The minimum absolute atomic E-state index is 0.00190. The summed E-state index contributed by atoms with van der Waals surface area (Å²) in [5, 5.41) is 32.8. The van der Waals surface area contributed by atoms with Gasteiger partial charge in [0, 0.05) is 0 Å². The Morgan fingerprint density at radius 1 is 0.939 bits per heavy atom. The molecule has 0 aromatic heterocycles. The number of hydrogen-bond donors (Lipinski definition) is 3. The fourth-order valence-corrected chi connectivity index (χ4v) is 10.3. The maximum absolute atomic E-state index is 11.6. The van der Waals surface area contributed by atoms with Crippen molar-refractivity contribution in [2.24, 2.45) is 45.3 Å². The van der Waals surface area contributed by atoms with Gasteiger partial charge in [-0.2, -0.15) is 0 Å². The van der Waals surface area contributed by atoms with Gasteiger partial charge in [0.2, 0.25) is 0 Å². The number of aliphatic hydroxyl groups excluding tert-OH is 2. The van der Waals surface area contributed by atoms with E-state index in [0.717, 1.165) is 24.8 Å². The molecule has 0 heterocycles. The van der Waals surface area contributed by atoms with E-state index in [1.807, 2.05) is 13.8 Å². The average molecular weight is 461 g/mol. The summed E-state index contributed by atoms with van der Waals surface area (Å²) < 4.78 is 0. The molecule has 4 saturated carbocycles. The molecule has 0 radical (unpaired) electrons. The van der Waals surface area contributed by atoms with Crippen molar-refractivity contribution >= 4 is 0 Å². The highest BCUT2D eigenvalue weighted by Gasteiger charge is 2.69. The molecule has 0 bridgehead atoms. The Balaban J connectivity index is 1.59. The normalized spacial score (nSPS) is 49.3. The van der Waals surface area contributed by atoms with Crippen molar-refractivity contribution in [3.05, 3.63) is 12.2 Å². The van der Waals surface area contributed by atoms with E-state index in [0.29, 0.717) is 47.3 Å². The zero-order chi connectivity index (χ0) is 24.6. The Hall–Kier alpha value is -0.380. The summed E-state index contributed by atoms with van der Waals surface area (Å²) in [4.78, 5) is 0. The van der Waals surface area contributed by atoms with Crippen molar-refractivity contribution < 1.29 is 15.3 Å². The van der Waals surface area contributed by atoms with Crippen molar-refractivity contribution in [1.29, 1.82) is 0 Å². The monoisotopic (exact) mass is 460 g/mol. The van der Waals surface area contributed by atoms with Crippen LogP contribution in [0, 0.1) is 45.3 Å². The van der Waals surface area contributed by atoms with Crippen LogP contribution in [0.5, 0.6) is 0 Å². The van der Waals surface area contributed by atoms with E-state index in [1.54, 1.807) is 0 Å². The molecule has 0 spiro atoms. The molecule has 4 fully saturated rings. The minimum Gasteiger partial charge on any atom is -0.393 e. The lowest BCUT2D eigenvalue weighted by atomic mass is 9.35. The van der Waals surface area contributed by atoms with Crippen LogP contribution in [0.25, 0.3) is 0 Å². The summed E-state index contributed by atoms with van der Waals surface area (Å²) >= 11 is 0. The summed E-state index contributed by atoms with van der Waals surface area (Å²) in [6, 6.07) is 0. The van der Waals surface area contributed by atoms with E-state index >= 15 is 0 Å². The fourth-order valence-electron chi connectivity index (χ4n) is 10.3. The summed E-state index contributed by atoms with van der Waals surface area (Å²) in [5.74, 6) is 2.16. The van der Waals surface area contributed by atoms with E-state index in [2.05, 4.69) is 41.2 Å². The second kappa shape index (κ2) is 8.07. The molecule has 3 N–H and O–H groups in total. The molecule has 0 amide bonds. The van der Waals surface area contributed by atoms with Crippen LogP contribution in [0.1, 0.15) is 113 Å². The topological polar surface area (TPSA) is 60.7 Å². The van der Waals surface area contributed by atoms with Crippen LogP contribution in [0.2, 0.25) is 0 Å². The van der Waals surface area contributed by atoms with Gasteiger partial charge in [-0.15, -0.1) is 0 Å². The molecular weight excluding hydrogens is 408 g/mol. The lowest BCUT2D eigenvalue weighted by molar-refractivity contribution is -0.225. The average Bonchev–Trinajstić information content (AvgIpc) is 3.08. The van der Waals surface area contributed by atoms with E-state index in [1.165, 1.54) is 32.1 Å². The maximum Gasteiger partial charge on any atom is 0.0745 e. The molecule has 0 unspecified atom stereocenters. The molecule has 0 saturated heterocycles. The predicted octanol–water partition coefficient (Wildman–Crippen LogP) is 6.50. The van der Waals surface area contributed by atoms with Gasteiger partial charge in [-0.1, -0.05) is 46.8 Å². The van der Waals surface area contributed by atoms with Crippen LogP contribution in [0.15, 0.2) is 12.2 Å². The summed E-state index contributed by atoms with van der Waals surface area (Å²) in [6.07, 6.45) is 9.91. The first kappa shape index (κ1) is 25.7. The van der Waals surface area contributed by atoms with Crippen LogP contribution in [-0.4, -0.2) is 33.1 Å². The van der Waals surface area contributed by atoms with Gasteiger partial charge in [-0.25, -0.2) is 0 Å². The van der Waals surface area contributed by atoms with Crippen molar-refractivity contribution in [1.82, 2.24) is 0 Å². The second-order valence-corrected chi connectivity index (χ2v) is 14.4. The number of aliphatic hydroxyl groups is 3. The van der Waals surface area contributed by atoms with E-state index in [-0.39, 0.29) is 16.9 Å². The Bertz CT molecular complexity index is 771. The number of fused-ring (bicyclic) bond motifs is 5. The highest BCUT2D eigenvalue weighted by Crippen LogP contribution is 2.75. The van der Waals surface area contributed by atoms with Crippen molar-refractivity contribution in [3.8, 4) is 0 Å². The first-order valence-electron chi connectivity index (χ1n) is 13.8. The molecule has 0 aromatic carbocycles. The largest absolute Gasteiger partial charge is 0.393 e. The molecule has 3 heteroatoms. The van der Waals surface area contributed by atoms with E-state index in [4.69, 9.17) is 0 Å². The third-order valence-corrected chi connectivity index (χ3v) is 12.7. The third kappa shape index (κ3) is 3.61. The minimum atomic E-state index is -0.736. The Morgan fingerprint density at radius 2 is 1.58 bits per heavy atom. The molecule has 0 aromatic rings. The van der Waals surface area contributed by atoms with Crippen LogP contribution in [0.3, 0.4) is 0 Å². The van der Waals surface area contributed by atoms with Crippen LogP contribution in [-0.2, 0) is 0 Å². The molecule has 3 nitrogen and oxygen atoms in total. The van der Waals surface area contributed by atoms with Crippen LogP contribution >= 0.6 is 0 Å². The van der Waals surface area contributed by atoms with Gasteiger partial charge in [-0.3, -0.25) is 0 Å². The summed E-state index contributed by atoms with van der Waals surface area (Å²) in [7, 11) is 0. The first-order valence-corrected chi connectivity index (χ1v) is 13.8. The van der Waals surface area contributed by atoms with E-state index in [9.17, 15) is 15.3 Å². The quantitative estimate of drug-likeness (QED) is 0.410. The Kier molecular flexibility index (Phi) is 6.28. The van der Waals surface area contributed by atoms with Gasteiger partial charge in [0.05, 0.1) is 17.8 Å². The highest BCUT2D eigenvalue weighted by atomic mass is 16.3. The van der Waals surface area contributed by atoms with Gasteiger partial charge in [-0.05, 0) is 123 Å². The Morgan fingerprint density at radius 3 is 2.21 bits per heavy atom. The zero-order valence-corrected chi connectivity index (χ0v) is 22.6. The molecule has 10 atom stereocenters. The molecule has 4 rings (SSSR count). The third-order valence-electron chi connectivity index (χ3n) is 12.7. The summed E-state index contributed by atoms with van der Waals surface area (Å²) in [5.41, 5.74) is 0.905. The smallest absolute Gasteiger partial charge is 0.0745 e. The van der Waals surface area contributed by atoms with Crippen molar-refractivity contribution in [3.63, 3.8) is 0 Å². The highest BCUT2D eigenvalue weighted by molar-refractivity contribution is 5.18. The SMILES string of the molecule is C=C(C)[C@@H](O)CC[C@](C)(O)[C@H]1CC[C@@]2(C)[C@H]1CC[C@H]1[C@@]3(C)CC[C@H](O)C(C)(C)[C@@H]3CC[C@@]12C. The standard InChI is InChI=1S/C30H52O3/c1-19(2)22(31)12-18-30(8,33)21-11-16-28(6)20(21)9-10-24-27(5)15-14-25(32)26(3,4)23(27)13-17-29(24,28)7/h20-25,31-33H,1,9-18H2,2-8H3/t20-,21-,22-,23-,24-,25-,27-,28-,29-,30-/m0/s1. The molecular formula is C30H52O3. The molecule has 4 aliphatic carbocycles. The lowest BCUT2D eigenvalue weighted by Gasteiger charge is -2.70. The molecule has 4 aliphatic rings. The number of rotatable bonds is 5. The first-order chi connectivity index (χ1) is 15.1. The van der Waals surface area contributed by atoms with Crippen molar-refractivity contribution in [2.75, 3.05) is 0 Å². The van der Waals surface area contributed by atoms with Gasteiger partial charge in [0.15, 0.2) is 0 Å². The predicted molar refractivity (Wildman–Crippen MR) is 136 cm³/mol. The maximum atomic E-state index is 11.6. The van der Waals surface area contributed by atoms with Crippen molar-refractivity contribution in [2.45, 2.75) is 130 Å². The molecule has 33 heavy (non-hydrogen) atoms. The molecule has 190 valence electrons. The van der Waals surface area contributed by atoms with Gasteiger partial charge < -0.3 is 15.3 Å². The van der Waals surface area contributed by atoms with Gasteiger partial charge in [0.25, 0.3) is 0 Å². The Labute approximate surface area is 203 Å². The fraction of sp³-hybridized carbons (Fsp3) is 0.933. The van der Waals surface area contributed by atoms with E-state index < -0.39 is 11.7 Å². The van der Waals surface area contributed by atoms with Gasteiger partial charge >= 0.3 is 0 Å². The second-order valence-electron chi connectivity index (χ2n) is 14.4. The van der Waals surface area contributed by atoms with Crippen LogP contribution < -0.4 is 0 Å². The van der Waals surface area contributed by atoms with Gasteiger partial charge in [0.1, 0.15) is 0 Å². The van der Waals surface area contributed by atoms with Crippen LogP contribution in [0.4, 0.5) is 0 Å². The lowest BCUT2D eigenvalue weighted by Crippen LogP contribution is -2.64.